The highest BCUT2D eigenvalue weighted by atomic mass is 32.2. The number of nitrogens with one attached hydrogen (secondary N) is 1. The summed E-state index contributed by atoms with van der Waals surface area (Å²) in [7, 11) is 0. The highest BCUT2D eigenvalue weighted by Crippen LogP contribution is 2.30. The van der Waals surface area contributed by atoms with Crippen molar-refractivity contribution >= 4 is 17.7 Å². The van der Waals surface area contributed by atoms with E-state index in [2.05, 4.69) is 5.32 Å². The third-order valence-corrected chi connectivity index (χ3v) is 3.33. The molecule has 1 amide bonds. The zero-order valence-corrected chi connectivity index (χ0v) is 10.5. The Morgan fingerprint density at radius 2 is 2.24 bits per heavy atom. The first-order valence-electron chi connectivity index (χ1n) is 5.67. The van der Waals surface area contributed by atoms with Crippen LogP contribution in [0.25, 0.3) is 0 Å². The molecule has 1 saturated heterocycles. The van der Waals surface area contributed by atoms with Gasteiger partial charge in [-0.3, -0.25) is 10.1 Å². The number of nitrogens with zero attached hydrogens (tertiary/aromatic N) is 1. The molecule has 0 aromatic carbocycles. The van der Waals surface area contributed by atoms with Crippen molar-refractivity contribution in [2.75, 3.05) is 19.0 Å². The van der Waals surface area contributed by atoms with Gasteiger partial charge in [-0.1, -0.05) is 19.8 Å². The maximum Gasteiger partial charge on any atom is 0.441 e. The molecule has 17 heavy (non-hydrogen) atoms. The first kappa shape index (κ1) is 14.6. The summed E-state index contributed by atoms with van der Waals surface area (Å²) in [5.74, 6) is -0.168. The molecule has 0 bridgehead atoms. The summed E-state index contributed by atoms with van der Waals surface area (Å²) >= 11 is -0.0801. The van der Waals surface area contributed by atoms with Gasteiger partial charge in [-0.15, -0.1) is 0 Å². The molecule has 1 rings (SSSR count). The van der Waals surface area contributed by atoms with Gasteiger partial charge in [0.1, 0.15) is 0 Å². The summed E-state index contributed by atoms with van der Waals surface area (Å²) < 4.78 is 35.7. The predicted molar refractivity (Wildman–Crippen MR) is 61.5 cm³/mol. The lowest BCUT2D eigenvalue weighted by atomic mass is 10.1. The Bertz CT molecular complexity index is 260. The Morgan fingerprint density at radius 1 is 1.53 bits per heavy atom. The third kappa shape index (κ3) is 5.16. The van der Waals surface area contributed by atoms with E-state index in [0.29, 0.717) is 6.67 Å². The molecule has 0 spiro atoms. The Balaban J connectivity index is 2.25. The first-order valence-corrected chi connectivity index (χ1v) is 6.65. The third-order valence-electron chi connectivity index (χ3n) is 2.61. The molecule has 1 unspecified atom stereocenters. The summed E-state index contributed by atoms with van der Waals surface area (Å²) in [6, 6.07) is -0.203. The van der Waals surface area contributed by atoms with Gasteiger partial charge in [0, 0.05) is 12.3 Å². The molecule has 1 N–H and O–H groups in total. The largest absolute Gasteiger partial charge is 0.441 e. The fourth-order valence-electron chi connectivity index (χ4n) is 1.70. The van der Waals surface area contributed by atoms with Gasteiger partial charge in [0.2, 0.25) is 5.91 Å². The number of amides is 1. The molecule has 1 atom stereocenters. The van der Waals surface area contributed by atoms with Crippen molar-refractivity contribution in [3.05, 3.63) is 0 Å². The van der Waals surface area contributed by atoms with Crippen LogP contribution in [-0.4, -0.2) is 41.3 Å². The second-order valence-corrected chi connectivity index (χ2v) is 5.11. The molecule has 1 aliphatic rings. The highest BCUT2D eigenvalue weighted by Gasteiger charge is 2.32. The summed E-state index contributed by atoms with van der Waals surface area (Å²) in [6.45, 7) is 2.56. The molecular weight excluding hydrogens is 253 g/mol. The average molecular weight is 270 g/mol. The number of carbonyl (C=O) groups is 1. The average Bonchev–Trinajstić information content (AvgIpc) is 2.56. The van der Waals surface area contributed by atoms with E-state index in [-0.39, 0.29) is 36.0 Å². The molecule has 0 aromatic rings. The van der Waals surface area contributed by atoms with Crippen LogP contribution in [0.3, 0.4) is 0 Å². The number of halogens is 3. The Hall–Kier alpha value is -0.430. The molecular formula is C10H17F3N2OS. The minimum atomic E-state index is -4.21. The van der Waals surface area contributed by atoms with Crippen molar-refractivity contribution in [3.63, 3.8) is 0 Å². The van der Waals surface area contributed by atoms with Crippen LogP contribution in [-0.2, 0) is 4.79 Å². The van der Waals surface area contributed by atoms with Crippen molar-refractivity contribution in [2.45, 2.75) is 37.7 Å². The summed E-state index contributed by atoms with van der Waals surface area (Å²) in [5, 5.41) is 3.02. The van der Waals surface area contributed by atoms with Crippen molar-refractivity contribution < 1.29 is 18.0 Å². The highest BCUT2D eigenvalue weighted by molar-refractivity contribution is 8.00. The number of unbranched alkanes of at least 4 members (excludes halogenated alkanes) is 1. The first-order chi connectivity index (χ1) is 7.94. The van der Waals surface area contributed by atoms with E-state index in [1.165, 1.54) is 4.90 Å². The number of hydrogen-bond donors (Lipinski definition) is 1. The number of thioether (sulfide) groups is 1. The predicted octanol–water partition coefficient (Wildman–Crippen LogP) is 2.19. The van der Waals surface area contributed by atoms with Crippen molar-refractivity contribution in [1.82, 2.24) is 10.2 Å². The van der Waals surface area contributed by atoms with Crippen LogP contribution < -0.4 is 5.32 Å². The lowest BCUT2D eigenvalue weighted by molar-refractivity contribution is -0.128. The minimum Gasteiger partial charge on any atom is -0.328 e. The van der Waals surface area contributed by atoms with E-state index in [4.69, 9.17) is 0 Å². The number of rotatable bonds is 6. The van der Waals surface area contributed by atoms with Gasteiger partial charge in [-0.05, 0) is 18.2 Å². The van der Waals surface area contributed by atoms with Gasteiger partial charge >= 0.3 is 5.51 Å². The summed E-state index contributed by atoms with van der Waals surface area (Å²) in [4.78, 5) is 13.2. The van der Waals surface area contributed by atoms with E-state index in [1.807, 2.05) is 6.92 Å². The molecule has 0 aliphatic carbocycles. The molecule has 1 heterocycles. The maximum absolute atomic E-state index is 11.9. The van der Waals surface area contributed by atoms with E-state index in [9.17, 15) is 18.0 Å². The van der Waals surface area contributed by atoms with Crippen LogP contribution in [0.2, 0.25) is 0 Å². The van der Waals surface area contributed by atoms with Crippen molar-refractivity contribution in [3.8, 4) is 0 Å². The second kappa shape index (κ2) is 6.49. The monoisotopic (exact) mass is 270 g/mol. The lowest BCUT2D eigenvalue weighted by Crippen LogP contribution is -2.32. The number of hydrogen-bond acceptors (Lipinski definition) is 3. The fraction of sp³-hybridized carbons (Fsp3) is 0.900. The second-order valence-electron chi connectivity index (χ2n) is 3.95. The Labute approximate surface area is 103 Å². The van der Waals surface area contributed by atoms with Gasteiger partial charge in [0.15, 0.2) is 0 Å². The number of carbonyl (C=O) groups excluding carboxylic acids is 1. The normalized spacial score (nSPS) is 21.3. The summed E-state index contributed by atoms with van der Waals surface area (Å²) in [6.07, 6.45) is 2.72. The van der Waals surface area contributed by atoms with Crippen molar-refractivity contribution in [1.29, 1.82) is 0 Å². The molecule has 0 saturated carbocycles. The molecule has 100 valence electrons. The molecule has 3 nitrogen and oxygen atoms in total. The van der Waals surface area contributed by atoms with Crippen LogP contribution in [0.5, 0.6) is 0 Å². The topological polar surface area (TPSA) is 32.3 Å². The molecule has 0 radical (unpaired) electrons. The molecule has 0 aromatic heterocycles. The van der Waals surface area contributed by atoms with Gasteiger partial charge < -0.3 is 4.90 Å². The van der Waals surface area contributed by atoms with E-state index in [1.54, 1.807) is 0 Å². The van der Waals surface area contributed by atoms with Gasteiger partial charge in [-0.2, -0.15) is 13.2 Å². The van der Waals surface area contributed by atoms with Crippen LogP contribution in [0.15, 0.2) is 0 Å². The van der Waals surface area contributed by atoms with Crippen LogP contribution in [0.1, 0.15) is 26.2 Å². The van der Waals surface area contributed by atoms with Crippen LogP contribution >= 0.6 is 11.8 Å². The van der Waals surface area contributed by atoms with Crippen molar-refractivity contribution in [2.24, 2.45) is 0 Å². The van der Waals surface area contributed by atoms with Crippen LogP contribution in [0, 0.1) is 0 Å². The zero-order chi connectivity index (χ0) is 12.9. The minimum absolute atomic E-state index is 0.0683. The van der Waals surface area contributed by atoms with E-state index in [0.717, 1.165) is 19.3 Å². The fourth-order valence-corrected chi connectivity index (χ4v) is 2.24. The Morgan fingerprint density at radius 3 is 2.82 bits per heavy atom. The molecule has 1 aliphatic heterocycles. The molecule has 7 heteroatoms. The lowest BCUT2D eigenvalue weighted by Gasteiger charge is -2.15. The standard InChI is InChI=1S/C10H17F3N2OS/c1-2-3-4-8-9(16)15(7-14-8)5-6-17-10(11,12)13/h8,14H,2-7H2,1H3. The van der Waals surface area contributed by atoms with Gasteiger partial charge in [0.25, 0.3) is 0 Å². The molecule has 1 fully saturated rings. The van der Waals surface area contributed by atoms with Gasteiger partial charge in [-0.25, -0.2) is 0 Å². The zero-order valence-electron chi connectivity index (χ0n) is 9.72. The quantitative estimate of drug-likeness (QED) is 0.803. The van der Waals surface area contributed by atoms with E-state index >= 15 is 0 Å². The smallest absolute Gasteiger partial charge is 0.328 e. The Kier molecular flexibility index (Phi) is 5.58. The SMILES string of the molecule is CCCCC1NCN(CCSC(F)(F)F)C1=O. The van der Waals surface area contributed by atoms with E-state index < -0.39 is 5.51 Å². The van der Waals surface area contributed by atoms with Gasteiger partial charge in [0.05, 0.1) is 12.7 Å². The number of alkyl halides is 3. The van der Waals surface area contributed by atoms with Crippen LogP contribution in [0.4, 0.5) is 13.2 Å². The summed E-state index contributed by atoms with van der Waals surface area (Å²) in [5.41, 5.74) is -4.21. The maximum atomic E-state index is 11.9.